The van der Waals surface area contributed by atoms with Crippen LogP contribution in [0.5, 0.6) is 0 Å². The van der Waals surface area contributed by atoms with Crippen molar-refractivity contribution in [3.8, 4) is 0 Å². The Balaban J connectivity index is 2.64. The van der Waals surface area contributed by atoms with Gasteiger partial charge in [-0.3, -0.25) is 4.79 Å². The molecule has 1 atom stereocenters. The lowest BCUT2D eigenvalue weighted by molar-refractivity contribution is -0.122. The van der Waals surface area contributed by atoms with Gasteiger partial charge in [-0.15, -0.1) is 0 Å². The molecule has 0 radical (unpaired) electrons. The third kappa shape index (κ3) is 10.2. The summed E-state index contributed by atoms with van der Waals surface area (Å²) in [5.41, 5.74) is 0.713. The monoisotopic (exact) mass is 495 g/mol. The number of ether oxygens (including phenoxy) is 1. The Hall–Kier alpha value is -1.28. The summed E-state index contributed by atoms with van der Waals surface area (Å²) in [5.74, 6) is -0.766. The summed E-state index contributed by atoms with van der Waals surface area (Å²) in [5, 5.41) is 8.38. The first-order valence-corrected chi connectivity index (χ1v) is 11.3. The highest BCUT2D eigenvalue weighted by Gasteiger charge is 2.34. The summed E-state index contributed by atoms with van der Waals surface area (Å²) in [6.45, 7) is 2.16. The predicted molar refractivity (Wildman–Crippen MR) is 127 cm³/mol. The molecule has 0 saturated carbocycles. The van der Waals surface area contributed by atoms with Gasteiger partial charge in [0.15, 0.2) is 5.11 Å². The number of unbranched alkanes of at least 4 members (excludes halogenated alkanes) is 5. The zero-order valence-corrected chi connectivity index (χ0v) is 20.2. The van der Waals surface area contributed by atoms with Crippen molar-refractivity contribution in [2.75, 3.05) is 12.4 Å². The minimum atomic E-state index is -1.84. The lowest BCUT2D eigenvalue weighted by Gasteiger charge is -2.28. The molecule has 1 aromatic carbocycles. The van der Waals surface area contributed by atoms with Crippen LogP contribution in [0.1, 0.15) is 62.2 Å². The van der Waals surface area contributed by atoms with Gasteiger partial charge < -0.3 is 20.7 Å². The minimum absolute atomic E-state index is 0.0718. The van der Waals surface area contributed by atoms with Crippen molar-refractivity contribution in [1.82, 2.24) is 10.6 Å². The fourth-order valence-corrected chi connectivity index (χ4v) is 3.22. The fraction of sp³-hybridized carbons (Fsp3) is 0.550. The van der Waals surface area contributed by atoms with E-state index in [1.54, 1.807) is 24.3 Å². The van der Waals surface area contributed by atoms with Gasteiger partial charge in [-0.1, -0.05) is 86.0 Å². The Morgan fingerprint density at radius 3 is 2.33 bits per heavy atom. The number of methoxy groups -OCH3 is 1. The minimum Gasteiger partial charge on any atom is -0.465 e. The molecule has 0 aliphatic heterocycles. The molecule has 1 amide bonds. The average Bonchev–Trinajstić information content (AvgIpc) is 2.69. The Bertz CT molecular complexity index is 714. The van der Waals surface area contributed by atoms with Crippen molar-refractivity contribution in [2.24, 2.45) is 0 Å². The molecule has 0 aliphatic rings. The number of benzene rings is 1. The van der Waals surface area contributed by atoms with Crippen LogP contribution in [0.15, 0.2) is 24.3 Å². The van der Waals surface area contributed by atoms with Crippen molar-refractivity contribution >= 4 is 69.7 Å². The standard InChI is InChI=1S/C20H28Cl3N3O3S/c1-3-4-5-6-7-8-13-16(27)25-18(20(21,22)23)26-19(30)24-15-12-10-9-11-14(15)17(28)29-2/h9-12,18H,3-8,13H2,1-2H3,(H,25,27)(H2,24,26,30). The molecule has 1 aromatic rings. The van der Waals surface area contributed by atoms with Gasteiger partial charge in [0.1, 0.15) is 6.17 Å². The van der Waals surface area contributed by atoms with E-state index in [1.165, 1.54) is 26.4 Å². The smallest absolute Gasteiger partial charge is 0.339 e. The number of rotatable bonds is 11. The van der Waals surface area contributed by atoms with E-state index < -0.39 is 15.9 Å². The maximum atomic E-state index is 12.3. The Kier molecular flexibility index (Phi) is 12.4. The number of alkyl halides is 3. The number of carbonyl (C=O) groups is 2. The van der Waals surface area contributed by atoms with Crippen LogP contribution in [0.2, 0.25) is 0 Å². The molecule has 3 N–H and O–H groups in total. The average molecular weight is 497 g/mol. The number of halogens is 3. The zero-order chi connectivity index (χ0) is 22.6. The number of hydrogen-bond acceptors (Lipinski definition) is 4. The number of hydrogen-bond donors (Lipinski definition) is 3. The molecule has 0 saturated heterocycles. The molecule has 10 heteroatoms. The number of amides is 1. The maximum Gasteiger partial charge on any atom is 0.339 e. The number of para-hydroxylation sites is 1. The van der Waals surface area contributed by atoms with Gasteiger partial charge in [-0.2, -0.15) is 0 Å². The van der Waals surface area contributed by atoms with Crippen LogP contribution < -0.4 is 16.0 Å². The number of nitrogens with one attached hydrogen (secondary N) is 3. The van der Waals surface area contributed by atoms with Gasteiger partial charge >= 0.3 is 5.97 Å². The summed E-state index contributed by atoms with van der Waals surface area (Å²) < 4.78 is 2.91. The molecule has 0 spiro atoms. The number of anilines is 1. The van der Waals surface area contributed by atoms with E-state index in [2.05, 4.69) is 22.9 Å². The van der Waals surface area contributed by atoms with E-state index in [-0.39, 0.29) is 11.0 Å². The molecule has 0 fully saturated rings. The van der Waals surface area contributed by atoms with Crippen LogP contribution in [0, 0.1) is 0 Å². The molecular weight excluding hydrogens is 469 g/mol. The van der Waals surface area contributed by atoms with Gasteiger partial charge in [-0.05, 0) is 30.8 Å². The molecule has 0 aliphatic carbocycles. The molecule has 30 heavy (non-hydrogen) atoms. The molecule has 0 aromatic heterocycles. The highest BCUT2D eigenvalue weighted by molar-refractivity contribution is 7.80. The van der Waals surface area contributed by atoms with Gasteiger partial charge in [0.2, 0.25) is 9.70 Å². The van der Waals surface area contributed by atoms with Crippen molar-refractivity contribution in [3.05, 3.63) is 29.8 Å². The van der Waals surface area contributed by atoms with Crippen molar-refractivity contribution in [2.45, 2.75) is 61.8 Å². The molecule has 0 bridgehead atoms. The number of carbonyl (C=O) groups excluding carboxylic acids is 2. The SMILES string of the molecule is CCCCCCCCC(=O)NC(NC(=S)Nc1ccccc1C(=O)OC)C(Cl)(Cl)Cl. The van der Waals surface area contributed by atoms with E-state index in [4.69, 9.17) is 51.8 Å². The van der Waals surface area contributed by atoms with Crippen molar-refractivity contribution in [3.63, 3.8) is 0 Å². The molecular formula is C20H28Cl3N3O3S. The first kappa shape index (κ1) is 26.8. The topological polar surface area (TPSA) is 79.5 Å². The first-order chi connectivity index (χ1) is 14.2. The Morgan fingerprint density at radius 1 is 1.07 bits per heavy atom. The van der Waals surface area contributed by atoms with Crippen LogP contribution in [0.3, 0.4) is 0 Å². The lowest BCUT2D eigenvalue weighted by atomic mass is 10.1. The zero-order valence-electron chi connectivity index (χ0n) is 17.1. The van der Waals surface area contributed by atoms with E-state index in [1.807, 2.05) is 0 Å². The van der Waals surface area contributed by atoms with Crippen LogP contribution in [-0.4, -0.2) is 34.1 Å². The van der Waals surface area contributed by atoms with Crippen LogP contribution in [0.25, 0.3) is 0 Å². The normalized spacial score (nSPS) is 12.0. The van der Waals surface area contributed by atoms with Crippen LogP contribution in [0.4, 0.5) is 5.69 Å². The lowest BCUT2D eigenvalue weighted by Crippen LogP contribution is -2.56. The Morgan fingerprint density at radius 2 is 1.70 bits per heavy atom. The van der Waals surface area contributed by atoms with Crippen LogP contribution in [-0.2, 0) is 9.53 Å². The summed E-state index contributed by atoms with van der Waals surface area (Å²) in [6.07, 6.45) is 5.66. The Labute approximate surface area is 198 Å². The maximum absolute atomic E-state index is 12.3. The highest BCUT2D eigenvalue weighted by Crippen LogP contribution is 2.29. The second kappa shape index (κ2) is 13.9. The number of esters is 1. The first-order valence-electron chi connectivity index (χ1n) is 9.80. The highest BCUT2D eigenvalue weighted by atomic mass is 35.6. The summed E-state index contributed by atoms with van der Waals surface area (Å²) in [4.78, 5) is 24.1. The van der Waals surface area contributed by atoms with E-state index in [9.17, 15) is 9.59 Å². The van der Waals surface area contributed by atoms with Gasteiger partial charge in [0.25, 0.3) is 0 Å². The summed E-state index contributed by atoms with van der Waals surface area (Å²) in [6, 6.07) is 6.67. The summed E-state index contributed by atoms with van der Waals surface area (Å²) >= 11 is 23.3. The van der Waals surface area contributed by atoms with Crippen LogP contribution >= 0.6 is 47.0 Å². The molecule has 1 unspecified atom stereocenters. The predicted octanol–water partition coefficient (Wildman–Crippen LogP) is 5.32. The van der Waals surface area contributed by atoms with Gasteiger partial charge in [0.05, 0.1) is 18.4 Å². The molecule has 6 nitrogen and oxygen atoms in total. The van der Waals surface area contributed by atoms with Gasteiger partial charge in [-0.25, -0.2) is 4.79 Å². The van der Waals surface area contributed by atoms with Gasteiger partial charge in [0, 0.05) is 6.42 Å². The molecule has 0 heterocycles. The third-order valence-electron chi connectivity index (χ3n) is 4.25. The molecule has 168 valence electrons. The second-order valence-electron chi connectivity index (χ2n) is 6.70. The van der Waals surface area contributed by atoms with E-state index >= 15 is 0 Å². The number of thiocarbonyl (C=S) groups is 1. The fourth-order valence-electron chi connectivity index (χ4n) is 2.67. The quantitative estimate of drug-likeness (QED) is 0.126. The largest absolute Gasteiger partial charge is 0.465 e. The van der Waals surface area contributed by atoms with E-state index in [0.29, 0.717) is 17.7 Å². The second-order valence-corrected chi connectivity index (χ2v) is 9.47. The third-order valence-corrected chi connectivity index (χ3v) is 5.12. The van der Waals surface area contributed by atoms with Crippen molar-refractivity contribution < 1.29 is 14.3 Å². The molecule has 1 rings (SSSR count). The van der Waals surface area contributed by atoms with E-state index in [0.717, 1.165) is 19.3 Å². The van der Waals surface area contributed by atoms with Crippen molar-refractivity contribution in [1.29, 1.82) is 0 Å². The summed E-state index contributed by atoms with van der Waals surface area (Å²) in [7, 11) is 1.29.